The highest BCUT2D eigenvalue weighted by atomic mass is 19.3. The van der Waals surface area contributed by atoms with Gasteiger partial charge in [0.1, 0.15) is 11.3 Å². The second kappa shape index (κ2) is 7.28. The third-order valence-electron chi connectivity index (χ3n) is 5.68. The Labute approximate surface area is 171 Å². The lowest BCUT2D eigenvalue weighted by molar-refractivity contribution is 0.127. The van der Waals surface area contributed by atoms with Crippen LogP contribution in [0.4, 0.5) is 14.7 Å². The first-order valence-corrected chi connectivity index (χ1v) is 9.92. The molecule has 1 aliphatic rings. The number of imidazole rings is 1. The predicted octanol–water partition coefficient (Wildman–Crippen LogP) is 2.88. The lowest BCUT2D eigenvalue weighted by Gasteiger charge is -2.35. The van der Waals surface area contributed by atoms with Crippen molar-refractivity contribution in [3.8, 4) is 11.3 Å². The summed E-state index contributed by atoms with van der Waals surface area (Å²) in [4.78, 5) is 13.4. The monoisotopic (exact) mass is 412 g/mol. The smallest absolute Gasteiger partial charge is 0.256 e. The molecule has 30 heavy (non-hydrogen) atoms. The van der Waals surface area contributed by atoms with Crippen LogP contribution < -0.4 is 10.6 Å². The summed E-state index contributed by atoms with van der Waals surface area (Å²) >= 11 is 0. The van der Waals surface area contributed by atoms with Crippen LogP contribution in [0.1, 0.15) is 18.7 Å². The molecule has 5 rings (SSSR count). The van der Waals surface area contributed by atoms with Gasteiger partial charge in [-0.15, -0.1) is 5.10 Å². The minimum Gasteiger partial charge on any atom is -0.350 e. The van der Waals surface area contributed by atoms with Gasteiger partial charge in [0.25, 0.3) is 6.43 Å². The Morgan fingerprint density at radius 3 is 2.77 bits per heavy atom. The van der Waals surface area contributed by atoms with Crippen LogP contribution in [0.5, 0.6) is 0 Å². The van der Waals surface area contributed by atoms with Gasteiger partial charge < -0.3 is 15.2 Å². The standard InChI is InChI=1S/C20H22F2N8/c1-11-25-16-4-3-15(27-19(16)29(11)10-18(21)22)14-5-6-30-17(14)9-24-20(28-30)26-13-7-12(8-13)23-2/h3-6,9,12-13,18,23H,7-8,10H2,1-2H3,(H,26,28)/t12-,13-. The molecule has 4 aromatic heterocycles. The maximum Gasteiger partial charge on any atom is 0.256 e. The molecule has 156 valence electrons. The Morgan fingerprint density at radius 1 is 1.17 bits per heavy atom. The topological polar surface area (TPSA) is 85.0 Å². The van der Waals surface area contributed by atoms with Gasteiger partial charge >= 0.3 is 0 Å². The second-order valence-electron chi connectivity index (χ2n) is 7.64. The third-order valence-corrected chi connectivity index (χ3v) is 5.68. The van der Waals surface area contributed by atoms with Crippen LogP contribution in [0.15, 0.2) is 30.6 Å². The summed E-state index contributed by atoms with van der Waals surface area (Å²) in [5.41, 5.74) is 3.35. The minimum atomic E-state index is -2.47. The molecule has 10 heteroatoms. The maximum absolute atomic E-state index is 13.0. The summed E-state index contributed by atoms with van der Waals surface area (Å²) in [6, 6.07) is 6.48. The van der Waals surface area contributed by atoms with E-state index in [4.69, 9.17) is 0 Å². The second-order valence-corrected chi connectivity index (χ2v) is 7.64. The van der Waals surface area contributed by atoms with Crippen molar-refractivity contribution in [3.63, 3.8) is 0 Å². The quantitative estimate of drug-likeness (QED) is 0.507. The van der Waals surface area contributed by atoms with Gasteiger partial charge in [-0.3, -0.25) is 0 Å². The van der Waals surface area contributed by atoms with E-state index in [2.05, 4.69) is 30.7 Å². The fourth-order valence-corrected chi connectivity index (χ4v) is 3.96. The Balaban J connectivity index is 1.46. The van der Waals surface area contributed by atoms with E-state index < -0.39 is 13.0 Å². The predicted molar refractivity (Wildman–Crippen MR) is 110 cm³/mol. The number of nitrogens with zero attached hydrogens (tertiary/aromatic N) is 6. The molecule has 0 aromatic carbocycles. The van der Waals surface area contributed by atoms with Crippen LogP contribution in [0.3, 0.4) is 0 Å². The zero-order chi connectivity index (χ0) is 20.8. The zero-order valence-corrected chi connectivity index (χ0v) is 16.7. The Morgan fingerprint density at radius 2 is 2.00 bits per heavy atom. The maximum atomic E-state index is 13.0. The SMILES string of the molecule is CN[C@H]1C[C@H](Nc2ncc3c(-c4ccc5nc(C)n(CC(F)F)c5n4)ccn3n2)C1. The normalized spacial score (nSPS) is 19.0. The van der Waals surface area contributed by atoms with Crippen molar-refractivity contribution in [2.75, 3.05) is 12.4 Å². The van der Waals surface area contributed by atoms with E-state index >= 15 is 0 Å². The fourth-order valence-electron chi connectivity index (χ4n) is 3.96. The van der Waals surface area contributed by atoms with Crippen LogP contribution in [0.25, 0.3) is 27.9 Å². The highest BCUT2D eigenvalue weighted by molar-refractivity contribution is 5.82. The minimum absolute atomic E-state index is 0.373. The number of halogens is 2. The Hall–Kier alpha value is -3.14. The summed E-state index contributed by atoms with van der Waals surface area (Å²) in [6.07, 6.45) is 3.23. The van der Waals surface area contributed by atoms with Crippen molar-refractivity contribution in [1.29, 1.82) is 0 Å². The molecule has 1 fully saturated rings. The lowest BCUT2D eigenvalue weighted by atomic mass is 9.87. The van der Waals surface area contributed by atoms with E-state index in [0.29, 0.717) is 40.7 Å². The van der Waals surface area contributed by atoms with Crippen molar-refractivity contribution in [1.82, 2.24) is 34.4 Å². The fraction of sp³-hybridized carbons (Fsp3) is 0.400. The Bertz CT molecular complexity index is 1210. The van der Waals surface area contributed by atoms with Crippen molar-refractivity contribution in [2.24, 2.45) is 0 Å². The lowest BCUT2D eigenvalue weighted by Crippen LogP contribution is -2.46. The molecule has 0 bridgehead atoms. The molecule has 0 aliphatic heterocycles. The first-order valence-electron chi connectivity index (χ1n) is 9.92. The van der Waals surface area contributed by atoms with Crippen LogP contribution >= 0.6 is 0 Å². The number of hydrogen-bond donors (Lipinski definition) is 2. The molecule has 0 amide bonds. The average Bonchev–Trinajstić information content (AvgIpc) is 3.24. The van der Waals surface area contributed by atoms with Gasteiger partial charge in [0.15, 0.2) is 5.65 Å². The van der Waals surface area contributed by atoms with Gasteiger partial charge in [-0.05, 0) is 45.0 Å². The summed E-state index contributed by atoms with van der Waals surface area (Å²) < 4.78 is 29.2. The number of alkyl halides is 2. The van der Waals surface area contributed by atoms with Crippen LogP contribution in [-0.2, 0) is 6.54 Å². The van der Waals surface area contributed by atoms with Crippen molar-refractivity contribution in [3.05, 3.63) is 36.4 Å². The van der Waals surface area contributed by atoms with Gasteiger partial charge in [-0.1, -0.05) is 0 Å². The van der Waals surface area contributed by atoms with Crippen LogP contribution in [0, 0.1) is 6.92 Å². The summed E-state index contributed by atoms with van der Waals surface area (Å²) in [5.74, 6) is 1.10. The number of anilines is 1. The summed E-state index contributed by atoms with van der Waals surface area (Å²) in [7, 11) is 1.97. The molecule has 4 aromatic rings. The van der Waals surface area contributed by atoms with Gasteiger partial charge in [-0.2, -0.15) is 0 Å². The number of pyridine rings is 1. The van der Waals surface area contributed by atoms with E-state index in [-0.39, 0.29) is 0 Å². The number of aryl methyl sites for hydroxylation is 1. The molecule has 1 aliphatic carbocycles. The molecule has 0 saturated heterocycles. The van der Waals surface area contributed by atoms with Crippen molar-refractivity contribution in [2.45, 2.75) is 44.8 Å². The molecule has 0 spiro atoms. The molecule has 0 radical (unpaired) electrons. The van der Waals surface area contributed by atoms with Gasteiger partial charge in [0.05, 0.1) is 24.0 Å². The number of fused-ring (bicyclic) bond motifs is 2. The molecule has 0 atom stereocenters. The summed E-state index contributed by atoms with van der Waals surface area (Å²) in [5, 5.41) is 11.2. The van der Waals surface area contributed by atoms with Gasteiger partial charge in [-0.25, -0.2) is 28.2 Å². The Kier molecular flexibility index (Phi) is 4.58. The van der Waals surface area contributed by atoms with Crippen molar-refractivity contribution < 1.29 is 8.78 Å². The number of aromatic nitrogens is 6. The van der Waals surface area contributed by atoms with Crippen molar-refractivity contribution >= 4 is 22.6 Å². The first kappa shape index (κ1) is 18.9. The molecule has 4 heterocycles. The highest BCUT2D eigenvalue weighted by Crippen LogP contribution is 2.27. The number of hydrogen-bond acceptors (Lipinski definition) is 6. The molecule has 1 saturated carbocycles. The van der Waals surface area contributed by atoms with Gasteiger partial charge in [0.2, 0.25) is 5.95 Å². The van der Waals surface area contributed by atoms with Gasteiger partial charge in [0, 0.05) is 23.8 Å². The van der Waals surface area contributed by atoms with E-state index in [1.54, 1.807) is 17.6 Å². The summed E-state index contributed by atoms with van der Waals surface area (Å²) in [6.45, 7) is 1.28. The molecule has 8 nitrogen and oxygen atoms in total. The highest BCUT2D eigenvalue weighted by Gasteiger charge is 2.28. The van der Waals surface area contributed by atoms with E-state index in [0.717, 1.165) is 23.9 Å². The average molecular weight is 412 g/mol. The molecule has 2 N–H and O–H groups in total. The number of rotatable bonds is 6. The van der Waals surface area contributed by atoms with Crippen LogP contribution in [-0.4, -0.2) is 54.7 Å². The van der Waals surface area contributed by atoms with Crippen LogP contribution in [0.2, 0.25) is 0 Å². The third kappa shape index (κ3) is 3.26. The molecular weight excluding hydrogens is 390 g/mol. The zero-order valence-electron chi connectivity index (χ0n) is 16.7. The van der Waals surface area contributed by atoms with E-state index in [1.165, 1.54) is 4.57 Å². The number of nitrogens with one attached hydrogen (secondary N) is 2. The molecular formula is C20H22F2N8. The first-order chi connectivity index (χ1) is 14.5. The molecule has 0 unspecified atom stereocenters. The van der Waals surface area contributed by atoms with E-state index in [1.807, 2.05) is 31.4 Å². The largest absolute Gasteiger partial charge is 0.350 e. The van der Waals surface area contributed by atoms with E-state index in [9.17, 15) is 8.78 Å².